The van der Waals surface area contributed by atoms with Crippen molar-refractivity contribution in [2.75, 3.05) is 58.4 Å². The number of piperidine rings is 1. The van der Waals surface area contributed by atoms with Gasteiger partial charge in [0.15, 0.2) is 11.5 Å². The molecule has 5 heterocycles. The molecule has 3 aliphatic heterocycles. The summed E-state index contributed by atoms with van der Waals surface area (Å²) >= 11 is 0. The van der Waals surface area contributed by atoms with Crippen LogP contribution in [0.15, 0.2) is 77.9 Å². The van der Waals surface area contributed by atoms with E-state index in [0.717, 1.165) is 4.90 Å². The monoisotopic (exact) mass is 1070 g/mol. The average molecular weight is 1070 g/mol. The molecule has 0 radical (unpaired) electrons. The fourth-order valence-corrected chi connectivity index (χ4v) is 9.17. The quantitative estimate of drug-likeness (QED) is 0.0470. The molecular weight excluding hydrogens is 1000 g/mol. The number of halogens is 1. The molecule has 7 rings (SSSR count). The predicted octanol–water partition coefficient (Wildman–Crippen LogP) is 3.32. The van der Waals surface area contributed by atoms with Crippen molar-refractivity contribution in [1.29, 1.82) is 0 Å². The Morgan fingerprint density at radius 2 is 1.62 bits per heavy atom. The number of unbranched alkanes of at least 4 members (excludes halogenated alkanes) is 2. The Balaban J connectivity index is 0.951. The second-order valence-electron chi connectivity index (χ2n) is 19.2. The van der Waals surface area contributed by atoms with Crippen LogP contribution in [0, 0.1) is 5.92 Å². The van der Waals surface area contributed by atoms with Crippen molar-refractivity contribution in [3.05, 3.63) is 94.7 Å². The van der Waals surface area contributed by atoms with Gasteiger partial charge in [0.1, 0.15) is 43.8 Å². The number of nitrogens with one attached hydrogen (secondary N) is 4. The molecule has 24 heteroatoms. The molecule has 0 spiro atoms. The lowest BCUT2D eigenvalue weighted by molar-refractivity contribution is -0.137. The molecule has 0 saturated carbocycles. The number of carbonyl (C=O) groups excluding carboxylic acids is 7. The van der Waals surface area contributed by atoms with Crippen molar-refractivity contribution in [2.45, 2.75) is 103 Å². The van der Waals surface area contributed by atoms with Crippen molar-refractivity contribution in [3.8, 4) is 17.2 Å². The van der Waals surface area contributed by atoms with Gasteiger partial charge >= 0.3 is 12.1 Å². The van der Waals surface area contributed by atoms with E-state index in [0.29, 0.717) is 90.8 Å². The van der Waals surface area contributed by atoms with Crippen LogP contribution >= 0.6 is 0 Å². The zero-order valence-electron chi connectivity index (χ0n) is 43.4. The van der Waals surface area contributed by atoms with Crippen molar-refractivity contribution in [2.24, 2.45) is 11.7 Å². The van der Waals surface area contributed by atoms with Crippen LogP contribution in [-0.4, -0.2) is 148 Å². The third-order valence-electron chi connectivity index (χ3n) is 13.4. The zero-order valence-corrected chi connectivity index (χ0v) is 43.4. The Kier molecular flexibility index (Phi) is 19.9. The van der Waals surface area contributed by atoms with Gasteiger partial charge in [-0.2, -0.15) is 0 Å². The first kappa shape index (κ1) is 56.6. The highest BCUT2D eigenvalue weighted by Gasteiger charge is 2.37. The summed E-state index contributed by atoms with van der Waals surface area (Å²) in [5.74, 6) is -1.17. The molecule has 4 aromatic rings. The number of carbonyl (C=O) groups is 7. The standard InChI is InChI=1S/C53H66FN11O12/c1-33(2)49(61-45(66)9-5-4-6-20-64-46(67)16-17-47(64)68)51(71)60-40(8-7-19-56-52(55)72)50(70)59-35-12-10-34(11-13-35)32-77-53(73)65(30-36-26-43-44(28-57-36)76-25-24-75-43)41-18-21-62(31-38(41)54)22-23-63-42-27-37(74-3)14-15-39(42)58-29-48(63)69/h10-17,26-29,33,38,40-41,49H,4-9,18-25,30-32H2,1-3H3,(H,59,70)(H,60,71)(H,61,66)(H3,55,56,72)/t38-,40-,41-,49?/m0/s1. The van der Waals surface area contributed by atoms with E-state index in [1.165, 1.54) is 36.6 Å². The topological polar surface area (TPSA) is 288 Å². The number of nitrogens with zero attached hydrogens (tertiary/aromatic N) is 6. The van der Waals surface area contributed by atoms with Crippen molar-refractivity contribution < 1.29 is 56.9 Å². The van der Waals surface area contributed by atoms with Gasteiger partial charge in [0.2, 0.25) is 17.7 Å². The minimum absolute atomic E-state index is 0.0168. The minimum Gasteiger partial charge on any atom is -0.497 e. The molecule has 1 unspecified atom stereocenters. The summed E-state index contributed by atoms with van der Waals surface area (Å²) in [7, 11) is 1.54. The number of hydrogen-bond acceptors (Lipinski definition) is 15. The van der Waals surface area contributed by atoms with Gasteiger partial charge in [0.25, 0.3) is 17.4 Å². The van der Waals surface area contributed by atoms with Crippen LogP contribution in [0.3, 0.4) is 0 Å². The zero-order chi connectivity index (χ0) is 55.0. The van der Waals surface area contributed by atoms with Crippen LogP contribution < -0.4 is 46.8 Å². The van der Waals surface area contributed by atoms with Crippen LogP contribution in [0.4, 0.5) is 19.7 Å². The molecule has 0 aliphatic carbocycles. The highest BCUT2D eigenvalue weighted by molar-refractivity contribution is 6.12. The van der Waals surface area contributed by atoms with Gasteiger partial charge in [-0.3, -0.25) is 48.5 Å². The fourth-order valence-electron chi connectivity index (χ4n) is 9.17. The summed E-state index contributed by atoms with van der Waals surface area (Å²) in [5.41, 5.74) is 7.46. The first-order valence-corrected chi connectivity index (χ1v) is 25.7. The maximum absolute atomic E-state index is 16.5. The highest BCUT2D eigenvalue weighted by Crippen LogP contribution is 2.31. The summed E-state index contributed by atoms with van der Waals surface area (Å²) in [6.07, 6.45) is 5.15. The number of pyridine rings is 1. The average Bonchev–Trinajstić information content (AvgIpc) is 3.74. The number of anilines is 1. The van der Waals surface area contributed by atoms with Gasteiger partial charge in [-0.05, 0) is 67.9 Å². The number of primary amides is 1. The van der Waals surface area contributed by atoms with E-state index >= 15 is 4.39 Å². The molecular formula is C53H66FN11O12. The first-order valence-electron chi connectivity index (χ1n) is 25.7. The van der Waals surface area contributed by atoms with Gasteiger partial charge < -0.3 is 50.5 Å². The lowest BCUT2D eigenvalue weighted by Gasteiger charge is -2.40. The number of benzene rings is 2. The van der Waals surface area contributed by atoms with Crippen LogP contribution in [0.5, 0.6) is 17.2 Å². The van der Waals surface area contributed by atoms with Gasteiger partial charge in [0, 0.05) is 75.7 Å². The molecule has 1 fully saturated rings. The van der Waals surface area contributed by atoms with Gasteiger partial charge in [-0.25, -0.2) is 19.0 Å². The summed E-state index contributed by atoms with van der Waals surface area (Å²) in [4.78, 5) is 116. The number of alkyl halides is 1. The number of nitrogens with two attached hydrogens (primary N) is 1. The second-order valence-corrected chi connectivity index (χ2v) is 19.2. The van der Waals surface area contributed by atoms with Gasteiger partial charge in [0.05, 0.1) is 48.8 Å². The number of methoxy groups -OCH3 is 1. The minimum atomic E-state index is -1.50. The third-order valence-corrected chi connectivity index (χ3v) is 13.4. The van der Waals surface area contributed by atoms with Crippen molar-refractivity contribution in [1.82, 2.24) is 45.2 Å². The fraction of sp³-hybridized carbons (Fsp3) is 0.472. The molecule has 2 aromatic heterocycles. The van der Waals surface area contributed by atoms with Crippen LogP contribution in [0.2, 0.25) is 0 Å². The Morgan fingerprint density at radius 1 is 0.870 bits per heavy atom. The normalized spacial score (nSPS) is 16.9. The number of imide groups is 1. The number of urea groups is 1. The molecule has 2 aromatic carbocycles. The van der Waals surface area contributed by atoms with Crippen molar-refractivity contribution in [3.63, 3.8) is 0 Å². The summed E-state index contributed by atoms with van der Waals surface area (Å²) in [6.45, 7) is 5.28. The molecule has 1 saturated heterocycles. The maximum Gasteiger partial charge on any atom is 0.410 e. The van der Waals surface area contributed by atoms with Crippen LogP contribution in [0.25, 0.3) is 11.0 Å². The predicted molar refractivity (Wildman–Crippen MR) is 278 cm³/mol. The number of fused-ring (bicyclic) bond motifs is 2. The lowest BCUT2D eigenvalue weighted by Crippen LogP contribution is -2.54. The lowest BCUT2D eigenvalue weighted by atomic mass is 10.0. The van der Waals surface area contributed by atoms with E-state index in [-0.39, 0.29) is 94.2 Å². The first-order chi connectivity index (χ1) is 37.1. The van der Waals surface area contributed by atoms with E-state index in [4.69, 9.17) is 24.7 Å². The Labute approximate surface area is 444 Å². The highest BCUT2D eigenvalue weighted by atomic mass is 19.1. The van der Waals surface area contributed by atoms with Gasteiger partial charge in [-0.15, -0.1) is 0 Å². The molecule has 0 bridgehead atoms. The number of likely N-dealkylation sites (tertiary alicyclic amines) is 1. The molecule has 3 aliphatic rings. The third kappa shape index (κ3) is 15.7. The van der Waals surface area contributed by atoms with Gasteiger partial charge in [-0.1, -0.05) is 32.4 Å². The molecule has 6 N–H and O–H groups in total. The number of ether oxygens (including phenoxy) is 4. The van der Waals surface area contributed by atoms with Crippen molar-refractivity contribution >= 4 is 58.4 Å². The molecule has 77 heavy (non-hydrogen) atoms. The number of rotatable bonds is 25. The Hall–Kier alpha value is -8.15. The molecule has 4 atom stereocenters. The molecule has 412 valence electrons. The Morgan fingerprint density at radius 3 is 2.34 bits per heavy atom. The number of amides is 8. The van der Waals surface area contributed by atoms with Crippen LogP contribution in [-0.2, 0) is 48.4 Å². The number of hydrogen-bond donors (Lipinski definition) is 5. The van der Waals surface area contributed by atoms with E-state index in [1.807, 2.05) is 4.90 Å². The van der Waals surface area contributed by atoms with E-state index < -0.39 is 48.2 Å². The summed E-state index contributed by atoms with van der Waals surface area (Å²) < 4.78 is 40.6. The van der Waals surface area contributed by atoms with E-state index in [1.54, 1.807) is 66.9 Å². The van der Waals surface area contributed by atoms with E-state index in [2.05, 4.69) is 31.2 Å². The largest absolute Gasteiger partial charge is 0.497 e. The van der Waals surface area contributed by atoms with E-state index in [9.17, 15) is 38.4 Å². The molecule has 8 amide bonds. The summed E-state index contributed by atoms with van der Waals surface area (Å²) in [6, 6.07) is 9.64. The molecule has 23 nitrogen and oxygen atoms in total. The number of aromatic nitrogens is 3. The SMILES string of the molecule is COc1ccc2ncc(=O)n(CCN3CC[C@H](N(Cc4cc5c(cn4)OCCO5)C(=O)OCc4ccc(NC(=O)[C@H](CCCNC(N)=O)NC(=O)C(NC(=O)CCCCCN5C(=O)C=CC5=O)C(C)C)cc4)[C@@H](F)C3)c2c1. The smallest absolute Gasteiger partial charge is 0.410 e. The second kappa shape index (κ2) is 27.1. The Bertz CT molecular complexity index is 2850. The summed E-state index contributed by atoms with van der Waals surface area (Å²) in [5, 5.41) is 10.8. The van der Waals surface area contributed by atoms with Crippen LogP contribution in [0.1, 0.15) is 70.1 Å². The maximum atomic E-state index is 16.5.